The van der Waals surface area contributed by atoms with Crippen molar-refractivity contribution < 1.29 is 4.74 Å². The Kier molecular flexibility index (Phi) is 3.14. The van der Waals surface area contributed by atoms with Crippen LogP contribution in [-0.2, 0) is 4.74 Å². The van der Waals surface area contributed by atoms with Crippen molar-refractivity contribution >= 4 is 11.3 Å². The summed E-state index contributed by atoms with van der Waals surface area (Å²) in [5, 5.41) is 0. The molecule has 0 amide bonds. The second kappa shape index (κ2) is 4.24. The zero-order chi connectivity index (χ0) is 11.0. The molecule has 2 rings (SSSR count). The summed E-state index contributed by atoms with van der Waals surface area (Å²) in [5.41, 5.74) is 7.67. The Bertz CT molecular complexity index is 347. The van der Waals surface area contributed by atoms with Gasteiger partial charge in [-0.15, -0.1) is 11.3 Å². The largest absolute Gasteiger partial charge is 0.378 e. The predicted octanol–water partition coefficient (Wildman–Crippen LogP) is 2.79. The van der Waals surface area contributed by atoms with Gasteiger partial charge < -0.3 is 10.5 Å². The van der Waals surface area contributed by atoms with Crippen LogP contribution in [0.15, 0.2) is 6.07 Å². The van der Waals surface area contributed by atoms with Crippen LogP contribution >= 0.6 is 11.3 Å². The van der Waals surface area contributed by atoms with Gasteiger partial charge in [0, 0.05) is 28.3 Å². The van der Waals surface area contributed by atoms with E-state index in [1.165, 1.54) is 15.3 Å². The van der Waals surface area contributed by atoms with Crippen molar-refractivity contribution in [1.82, 2.24) is 0 Å². The fourth-order valence-electron chi connectivity index (χ4n) is 2.40. The van der Waals surface area contributed by atoms with Crippen molar-refractivity contribution in [3.05, 3.63) is 21.4 Å². The van der Waals surface area contributed by atoms with Gasteiger partial charge in [0.05, 0.1) is 6.10 Å². The average Bonchev–Trinajstić information content (AvgIpc) is 2.71. The van der Waals surface area contributed by atoms with Crippen molar-refractivity contribution in [3.8, 4) is 0 Å². The highest BCUT2D eigenvalue weighted by Crippen LogP contribution is 2.36. The first kappa shape index (κ1) is 11.1. The zero-order valence-electron chi connectivity index (χ0n) is 9.62. The van der Waals surface area contributed by atoms with Gasteiger partial charge in [-0.05, 0) is 38.8 Å². The first-order chi connectivity index (χ1) is 7.09. The molecule has 0 aromatic carbocycles. The van der Waals surface area contributed by atoms with Crippen LogP contribution in [0.4, 0.5) is 0 Å². The molecule has 1 aliphatic rings. The van der Waals surface area contributed by atoms with E-state index in [-0.39, 0.29) is 6.04 Å². The molecule has 15 heavy (non-hydrogen) atoms. The van der Waals surface area contributed by atoms with E-state index >= 15 is 0 Å². The van der Waals surface area contributed by atoms with Gasteiger partial charge in [0.15, 0.2) is 0 Å². The van der Waals surface area contributed by atoms with Crippen molar-refractivity contribution in [2.75, 3.05) is 6.61 Å². The summed E-state index contributed by atoms with van der Waals surface area (Å²) >= 11 is 1.83. The van der Waals surface area contributed by atoms with Crippen LogP contribution < -0.4 is 5.73 Å². The number of aryl methyl sites for hydroxylation is 2. The molecular weight excluding hydrogens is 206 g/mol. The molecule has 3 unspecified atom stereocenters. The summed E-state index contributed by atoms with van der Waals surface area (Å²) in [4.78, 5) is 2.69. The molecule has 1 aromatic heterocycles. The van der Waals surface area contributed by atoms with E-state index in [0.29, 0.717) is 12.0 Å². The normalized spacial score (nSPS) is 28.3. The van der Waals surface area contributed by atoms with Gasteiger partial charge in [0.2, 0.25) is 0 Å². The van der Waals surface area contributed by atoms with Crippen LogP contribution in [-0.4, -0.2) is 12.7 Å². The number of thiophene rings is 1. The molecule has 3 heteroatoms. The maximum absolute atomic E-state index is 6.34. The summed E-state index contributed by atoms with van der Waals surface area (Å²) in [7, 11) is 0. The summed E-state index contributed by atoms with van der Waals surface area (Å²) in [6, 6.07) is 2.38. The highest BCUT2D eigenvalue weighted by molar-refractivity contribution is 7.12. The van der Waals surface area contributed by atoms with Gasteiger partial charge in [0.25, 0.3) is 0 Å². The van der Waals surface area contributed by atoms with Crippen LogP contribution in [0.5, 0.6) is 0 Å². The molecule has 2 N–H and O–H groups in total. The number of rotatable bonds is 2. The molecule has 0 bridgehead atoms. The predicted molar refractivity (Wildman–Crippen MR) is 64.2 cm³/mol. The fourth-order valence-corrected chi connectivity index (χ4v) is 3.52. The smallest absolute Gasteiger partial charge is 0.0594 e. The molecule has 1 aromatic rings. The van der Waals surface area contributed by atoms with Crippen LogP contribution in [0.1, 0.15) is 34.7 Å². The molecule has 0 spiro atoms. The van der Waals surface area contributed by atoms with Crippen molar-refractivity contribution in [2.24, 2.45) is 11.7 Å². The lowest BCUT2D eigenvalue weighted by atomic mass is 9.92. The van der Waals surface area contributed by atoms with Crippen LogP contribution in [0, 0.1) is 19.8 Å². The van der Waals surface area contributed by atoms with E-state index in [9.17, 15) is 0 Å². The first-order valence-corrected chi connectivity index (χ1v) is 6.35. The molecule has 2 heterocycles. The Labute approximate surface area is 95.4 Å². The topological polar surface area (TPSA) is 35.2 Å². The number of hydrogen-bond donors (Lipinski definition) is 1. The fraction of sp³-hybridized carbons (Fsp3) is 0.667. The van der Waals surface area contributed by atoms with Crippen LogP contribution in [0.25, 0.3) is 0 Å². The van der Waals surface area contributed by atoms with Gasteiger partial charge in [0.1, 0.15) is 0 Å². The monoisotopic (exact) mass is 225 g/mol. The highest BCUT2D eigenvalue weighted by atomic mass is 32.1. The third-order valence-corrected chi connectivity index (χ3v) is 4.53. The van der Waals surface area contributed by atoms with E-state index in [2.05, 4.69) is 26.8 Å². The van der Waals surface area contributed by atoms with Gasteiger partial charge in [-0.1, -0.05) is 0 Å². The summed E-state index contributed by atoms with van der Waals surface area (Å²) in [6.45, 7) is 7.29. The maximum Gasteiger partial charge on any atom is 0.0594 e. The van der Waals surface area contributed by atoms with Gasteiger partial charge >= 0.3 is 0 Å². The Hall–Kier alpha value is -0.380. The summed E-state index contributed by atoms with van der Waals surface area (Å²) in [5.74, 6) is 0.488. The average molecular weight is 225 g/mol. The van der Waals surface area contributed by atoms with Crippen molar-refractivity contribution in [3.63, 3.8) is 0 Å². The quantitative estimate of drug-likeness (QED) is 0.840. The molecule has 0 aliphatic carbocycles. The molecule has 3 atom stereocenters. The minimum atomic E-state index is 0.154. The molecule has 1 saturated heterocycles. The third kappa shape index (κ3) is 2.10. The Morgan fingerprint density at radius 2 is 2.27 bits per heavy atom. The number of nitrogens with two attached hydrogens (primary N) is 1. The van der Waals surface area contributed by atoms with Crippen LogP contribution in [0.2, 0.25) is 0 Å². The molecule has 2 nitrogen and oxygen atoms in total. The zero-order valence-corrected chi connectivity index (χ0v) is 10.4. The van der Waals surface area contributed by atoms with Crippen molar-refractivity contribution in [2.45, 2.75) is 39.3 Å². The van der Waals surface area contributed by atoms with Crippen LogP contribution in [0.3, 0.4) is 0 Å². The van der Waals surface area contributed by atoms with E-state index in [4.69, 9.17) is 10.5 Å². The summed E-state index contributed by atoms with van der Waals surface area (Å²) < 4.78 is 5.58. The SMILES string of the molecule is Cc1cc(C)c(C(N)C2CCOC2C)s1. The molecule has 1 aliphatic heterocycles. The lowest BCUT2D eigenvalue weighted by Crippen LogP contribution is -2.26. The number of hydrogen-bond acceptors (Lipinski definition) is 3. The van der Waals surface area contributed by atoms with E-state index < -0.39 is 0 Å². The molecule has 0 radical (unpaired) electrons. The van der Waals surface area contributed by atoms with E-state index in [1.54, 1.807) is 0 Å². The lowest BCUT2D eigenvalue weighted by Gasteiger charge is -2.21. The highest BCUT2D eigenvalue weighted by Gasteiger charge is 2.31. The molecule has 0 saturated carbocycles. The maximum atomic E-state index is 6.34. The van der Waals surface area contributed by atoms with Gasteiger partial charge in [-0.2, -0.15) is 0 Å². The number of ether oxygens (including phenoxy) is 1. The third-order valence-electron chi connectivity index (χ3n) is 3.28. The Morgan fingerprint density at radius 3 is 2.73 bits per heavy atom. The summed E-state index contributed by atoms with van der Waals surface area (Å²) in [6.07, 6.45) is 1.40. The Morgan fingerprint density at radius 1 is 1.53 bits per heavy atom. The van der Waals surface area contributed by atoms with Gasteiger partial charge in [-0.3, -0.25) is 0 Å². The standard InChI is InChI=1S/C12H19NOS/c1-7-6-8(2)15-12(7)11(13)10-4-5-14-9(10)3/h6,9-11H,4-5,13H2,1-3H3. The van der Waals surface area contributed by atoms with Gasteiger partial charge in [-0.25, -0.2) is 0 Å². The minimum Gasteiger partial charge on any atom is -0.378 e. The first-order valence-electron chi connectivity index (χ1n) is 5.53. The second-order valence-electron chi connectivity index (χ2n) is 4.46. The van der Waals surface area contributed by atoms with E-state index in [0.717, 1.165) is 13.0 Å². The minimum absolute atomic E-state index is 0.154. The molecule has 84 valence electrons. The lowest BCUT2D eigenvalue weighted by molar-refractivity contribution is 0.0997. The van der Waals surface area contributed by atoms with E-state index in [1.807, 2.05) is 11.3 Å². The second-order valence-corrected chi connectivity index (χ2v) is 5.75. The molecule has 1 fully saturated rings. The molecular formula is C12H19NOS. The Balaban J connectivity index is 2.19. The van der Waals surface area contributed by atoms with Crippen molar-refractivity contribution in [1.29, 1.82) is 0 Å².